The number of aliphatic hydroxyl groups excluding tert-OH is 1. The van der Waals surface area contributed by atoms with Crippen LogP contribution in [0.25, 0.3) is 0 Å². The van der Waals surface area contributed by atoms with E-state index in [9.17, 15) is 5.11 Å². The molecule has 0 radical (unpaired) electrons. The summed E-state index contributed by atoms with van der Waals surface area (Å²) < 4.78 is 5.17. The summed E-state index contributed by atoms with van der Waals surface area (Å²) in [5, 5.41) is 14.3. The topological polar surface area (TPSA) is 41.5 Å². The van der Waals surface area contributed by atoms with Crippen molar-refractivity contribution in [2.45, 2.75) is 56.6 Å². The molecule has 4 fully saturated rings. The Balaban J connectivity index is 1.31. The molecule has 0 aromatic heterocycles. The second-order valence-corrected chi connectivity index (χ2v) is 8.20. The van der Waals surface area contributed by atoms with Crippen LogP contribution in [-0.2, 0) is 0 Å². The van der Waals surface area contributed by atoms with Gasteiger partial charge in [-0.05, 0) is 86.9 Å². The van der Waals surface area contributed by atoms with E-state index in [2.05, 4.69) is 5.32 Å². The summed E-state index contributed by atoms with van der Waals surface area (Å²) in [5.74, 6) is 3.76. The van der Waals surface area contributed by atoms with Crippen molar-refractivity contribution in [2.24, 2.45) is 17.8 Å². The minimum Gasteiger partial charge on any atom is -0.497 e. The number of benzene rings is 1. The molecule has 5 rings (SSSR count). The van der Waals surface area contributed by atoms with Gasteiger partial charge < -0.3 is 15.2 Å². The van der Waals surface area contributed by atoms with Crippen LogP contribution in [0.1, 0.15) is 56.6 Å². The Bertz CT molecular complexity index is 504. The molecule has 1 aromatic rings. The maximum atomic E-state index is 10.4. The van der Waals surface area contributed by atoms with Crippen molar-refractivity contribution in [3.8, 4) is 5.75 Å². The third kappa shape index (κ3) is 3.14. The Morgan fingerprint density at radius 2 is 1.65 bits per heavy atom. The Kier molecular flexibility index (Phi) is 4.10. The van der Waals surface area contributed by atoms with Gasteiger partial charge in [-0.15, -0.1) is 0 Å². The molecule has 2 N–H and O–H groups in total. The molecule has 0 saturated heterocycles. The molecular weight excluding hydrogens is 286 g/mol. The molecule has 23 heavy (non-hydrogen) atoms. The van der Waals surface area contributed by atoms with Gasteiger partial charge in [0.05, 0.1) is 13.2 Å². The predicted octanol–water partition coefficient (Wildman–Crippen LogP) is 3.68. The van der Waals surface area contributed by atoms with Crippen LogP contribution in [0.2, 0.25) is 0 Å². The van der Waals surface area contributed by atoms with Gasteiger partial charge in [0.1, 0.15) is 5.75 Å². The van der Waals surface area contributed by atoms with Crippen molar-refractivity contribution in [1.82, 2.24) is 5.32 Å². The van der Waals surface area contributed by atoms with E-state index in [-0.39, 0.29) is 6.10 Å². The molecule has 0 aliphatic heterocycles. The lowest BCUT2D eigenvalue weighted by Gasteiger charge is -2.57. The van der Waals surface area contributed by atoms with E-state index in [1.165, 1.54) is 38.5 Å². The summed E-state index contributed by atoms with van der Waals surface area (Å²) in [7, 11) is 1.67. The number of rotatable bonds is 6. The molecule has 0 heterocycles. The molecule has 4 aliphatic rings. The quantitative estimate of drug-likeness (QED) is 0.841. The molecule has 0 spiro atoms. The van der Waals surface area contributed by atoms with Gasteiger partial charge in [-0.2, -0.15) is 0 Å². The molecule has 0 amide bonds. The van der Waals surface area contributed by atoms with Gasteiger partial charge in [0, 0.05) is 5.54 Å². The fourth-order valence-electron chi connectivity index (χ4n) is 5.79. The van der Waals surface area contributed by atoms with Gasteiger partial charge in [-0.25, -0.2) is 0 Å². The van der Waals surface area contributed by atoms with Gasteiger partial charge in [-0.3, -0.25) is 0 Å². The third-order valence-corrected chi connectivity index (χ3v) is 6.46. The summed E-state index contributed by atoms with van der Waals surface area (Å²) in [6.45, 7) is 0.916. The van der Waals surface area contributed by atoms with E-state index in [0.717, 1.165) is 42.0 Å². The van der Waals surface area contributed by atoms with Gasteiger partial charge in [0.25, 0.3) is 0 Å². The van der Waals surface area contributed by atoms with Gasteiger partial charge >= 0.3 is 0 Å². The first-order chi connectivity index (χ1) is 11.2. The zero-order valence-corrected chi connectivity index (χ0v) is 14.1. The average molecular weight is 315 g/mol. The van der Waals surface area contributed by atoms with Gasteiger partial charge in [0.15, 0.2) is 0 Å². The molecule has 1 atom stereocenters. The first kappa shape index (κ1) is 15.5. The molecule has 4 bridgehead atoms. The van der Waals surface area contributed by atoms with E-state index in [1.54, 1.807) is 7.11 Å². The van der Waals surface area contributed by atoms with Crippen LogP contribution in [-0.4, -0.2) is 24.3 Å². The standard InChI is InChI=1S/C20H29NO2/c1-23-18-4-2-17(3-5-18)19(22)6-7-21-20-11-14-8-15(12-20)10-16(9-14)13-20/h2-5,14-16,19,21-22H,6-13H2,1H3/t14?,15?,16?,19-,20?/m0/s1. The summed E-state index contributed by atoms with van der Waals surface area (Å²) in [6.07, 6.45) is 8.96. The van der Waals surface area contributed by atoms with Crippen LogP contribution in [0.15, 0.2) is 24.3 Å². The number of ether oxygens (including phenoxy) is 1. The van der Waals surface area contributed by atoms with Crippen LogP contribution in [0.3, 0.4) is 0 Å². The third-order valence-electron chi connectivity index (χ3n) is 6.46. The SMILES string of the molecule is COc1ccc([C@@H](O)CCNC23CC4CC(CC(C4)C2)C3)cc1. The van der Waals surface area contributed by atoms with Crippen LogP contribution in [0.4, 0.5) is 0 Å². The van der Waals surface area contributed by atoms with E-state index in [4.69, 9.17) is 4.74 Å². The van der Waals surface area contributed by atoms with E-state index in [1.807, 2.05) is 24.3 Å². The number of methoxy groups -OCH3 is 1. The Hall–Kier alpha value is -1.06. The summed E-state index contributed by atoms with van der Waals surface area (Å²) in [5.41, 5.74) is 1.38. The minimum atomic E-state index is -0.387. The number of hydrogen-bond acceptors (Lipinski definition) is 3. The lowest BCUT2D eigenvalue weighted by Crippen LogP contribution is -2.58. The molecule has 4 aliphatic carbocycles. The fraction of sp³-hybridized carbons (Fsp3) is 0.700. The van der Waals surface area contributed by atoms with Crippen LogP contribution in [0, 0.1) is 17.8 Å². The first-order valence-electron chi connectivity index (χ1n) is 9.23. The first-order valence-corrected chi connectivity index (χ1v) is 9.23. The van der Waals surface area contributed by atoms with E-state index >= 15 is 0 Å². The lowest BCUT2D eigenvalue weighted by atomic mass is 9.53. The summed E-state index contributed by atoms with van der Waals surface area (Å²) in [6, 6.07) is 7.78. The number of aliphatic hydroxyl groups is 1. The second-order valence-electron chi connectivity index (χ2n) is 8.20. The lowest BCUT2D eigenvalue weighted by molar-refractivity contribution is -0.0209. The highest BCUT2D eigenvalue weighted by Gasteiger charge is 2.50. The normalized spacial score (nSPS) is 36.2. The summed E-state index contributed by atoms with van der Waals surface area (Å²) >= 11 is 0. The van der Waals surface area contributed by atoms with Crippen molar-refractivity contribution in [2.75, 3.05) is 13.7 Å². The highest BCUT2D eigenvalue weighted by molar-refractivity contribution is 5.28. The predicted molar refractivity (Wildman–Crippen MR) is 91.5 cm³/mol. The Morgan fingerprint density at radius 1 is 1.09 bits per heavy atom. The van der Waals surface area contributed by atoms with Crippen LogP contribution >= 0.6 is 0 Å². The maximum Gasteiger partial charge on any atom is 0.118 e. The van der Waals surface area contributed by atoms with Crippen molar-refractivity contribution in [3.05, 3.63) is 29.8 Å². The van der Waals surface area contributed by atoms with Crippen LogP contribution in [0.5, 0.6) is 5.75 Å². The van der Waals surface area contributed by atoms with Gasteiger partial charge in [-0.1, -0.05) is 12.1 Å². The molecule has 3 nitrogen and oxygen atoms in total. The monoisotopic (exact) mass is 315 g/mol. The molecule has 4 saturated carbocycles. The van der Waals surface area contributed by atoms with Crippen molar-refractivity contribution >= 4 is 0 Å². The summed E-state index contributed by atoms with van der Waals surface area (Å²) in [4.78, 5) is 0. The average Bonchev–Trinajstić information content (AvgIpc) is 2.53. The molecular formula is C20H29NO2. The fourth-order valence-corrected chi connectivity index (χ4v) is 5.79. The Labute approximate surface area is 139 Å². The zero-order chi connectivity index (χ0) is 15.9. The zero-order valence-electron chi connectivity index (χ0n) is 14.1. The molecule has 126 valence electrons. The maximum absolute atomic E-state index is 10.4. The second kappa shape index (κ2) is 6.10. The number of hydrogen-bond donors (Lipinski definition) is 2. The minimum absolute atomic E-state index is 0.387. The molecule has 1 aromatic carbocycles. The Morgan fingerprint density at radius 3 is 2.17 bits per heavy atom. The molecule has 3 heteroatoms. The van der Waals surface area contributed by atoms with Crippen molar-refractivity contribution in [3.63, 3.8) is 0 Å². The highest BCUT2D eigenvalue weighted by atomic mass is 16.5. The highest BCUT2D eigenvalue weighted by Crippen LogP contribution is 2.55. The smallest absolute Gasteiger partial charge is 0.118 e. The van der Waals surface area contributed by atoms with Crippen molar-refractivity contribution < 1.29 is 9.84 Å². The van der Waals surface area contributed by atoms with Crippen LogP contribution < -0.4 is 10.1 Å². The number of nitrogens with one attached hydrogen (secondary N) is 1. The molecule has 0 unspecified atom stereocenters. The largest absolute Gasteiger partial charge is 0.497 e. The van der Waals surface area contributed by atoms with E-state index < -0.39 is 0 Å². The van der Waals surface area contributed by atoms with Crippen molar-refractivity contribution in [1.29, 1.82) is 0 Å². The van der Waals surface area contributed by atoms with Gasteiger partial charge in [0.2, 0.25) is 0 Å². The van der Waals surface area contributed by atoms with E-state index in [0.29, 0.717) is 5.54 Å².